The number of rotatable bonds is 4. The Morgan fingerprint density at radius 2 is 2.19 bits per heavy atom. The van der Waals surface area contributed by atoms with Crippen molar-refractivity contribution in [3.8, 4) is 0 Å². The second-order valence-electron chi connectivity index (χ2n) is 5.86. The molecule has 0 bridgehead atoms. The van der Waals surface area contributed by atoms with Gasteiger partial charge < -0.3 is 10.1 Å². The predicted octanol–water partition coefficient (Wildman–Crippen LogP) is 3.15. The first-order valence-corrected chi connectivity index (χ1v) is 9.47. The molecule has 2 heterocycles. The molecule has 0 spiro atoms. The number of aromatic nitrogens is 1. The van der Waals surface area contributed by atoms with Crippen LogP contribution in [0.2, 0.25) is 0 Å². The molecule has 2 aliphatic rings. The van der Waals surface area contributed by atoms with Crippen molar-refractivity contribution in [1.29, 1.82) is 0 Å². The highest BCUT2D eigenvalue weighted by Crippen LogP contribution is 2.35. The van der Waals surface area contributed by atoms with E-state index < -0.39 is 0 Å². The lowest BCUT2D eigenvalue weighted by Gasteiger charge is -2.28. The van der Waals surface area contributed by atoms with Crippen molar-refractivity contribution in [2.24, 2.45) is 0 Å². The number of hydrogen-bond donors (Lipinski definition) is 1. The molecule has 0 radical (unpaired) electrons. The third-order valence-electron chi connectivity index (χ3n) is 4.11. The Morgan fingerprint density at radius 3 is 2.81 bits per heavy atom. The molecule has 1 amide bonds. The molecule has 2 fully saturated rings. The molecule has 1 aliphatic carbocycles. The predicted molar refractivity (Wildman–Crippen MR) is 85.9 cm³/mol. The van der Waals surface area contributed by atoms with E-state index in [1.807, 2.05) is 18.7 Å². The highest BCUT2D eigenvalue weighted by atomic mass is 32.2. The van der Waals surface area contributed by atoms with Gasteiger partial charge in [-0.2, -0.15) is 0 Å². The minimum Gasteiger partial charge on any atom is -0.368 e. The molecule has 1 N–H and O–H groups in total. The number of amides is 1. The Morgan fingerprint density at radius 1 is 1.38 bits per heavy atom. The van der Waals surface area contributed by atoms with E-state index in [1.54, 1.807) is 11.3 Å². The number of nitrogens with zero attached hydrogens (tertiary/aromatic N) is 1. The lowest BCUT2D eigenvalue weighted by atomic mass is 9.95. The SMILES string of the molecule is Cc1csc(SC2CCC(NC(=O)C3CCCO3)CC2)n1. The number of thioether (sulfide) groups is 1. The third kappa shape index (κ3) is 4.20. The van der Waals surface area contributed by atoms with E-state index in [2.05, 4.69) is 15.7 Å². The lowest BCUT2D eigenvalue weighted by molar-refractivity contribution is -0.131. The largest absolute Gasteiger partial charge is 0.368 e. The van der Waals surface area contributed by atoms with Gasteiger partial charge >= 0.3 is 0 Å². The molecule has 1 saturated carbocycles. The number of thiazole rings is 1. The summed E-state index contributed by atoms with van der Waals surface area (Å²) in [6.07, 6.45) is 6.13. The number of aryl methyl sites for hydroxylation is 1. The van der Waals surface area contributed by atoms with Gasteiger partial charge in [0.15, 0.2) is 0 Å². The fraction of sp³-hybridized carbons (Fsp3) is 0.733. The number of ether oxygens (including phenoxy) is 1. The van der Waals surface area contributed by atoms with Crippen LogP contribution in [-0.2, 0) is 9.53 Å². The van der Waals surface area contributed by atoms with Crippen molar-refractivity contribution in [3.63, 3.8) is 0 Å². The van der Waals surface area contributed by atoms with Crippen LogP contribution in [0.1, 0.15) is 44.2 Å². The van der Waals surface area contributed by atoms with Crippen molar-refractivity contribution in [3.05, 3.63) is 11.1 Å². The van der Waals surface area contributed by atoms with Crippen LogP contribution in [0.25, 0.3) is 0 Å². The third-order valence-corrected chi connectivity index (χ3v) is 6.54. The first-order chi connectivity index (χ1) is 10.2. The van der Waals surface area contributed by atoms with E-state index in [0.29, 0.717) is 11.3 Å². The van der Waals surface area contributed by atoms with Gasteiger partial charge in [-0.15, -0.1) is 11.3 Å². The van der Waals surface area contributed by atoms with Gasteiger partial charge in [-0.3, -0.25) is 4.79 Å². The van der Waals surface area contributed by atoms with E-state index in [4.69, 9.17) is 4.74 Å². The molecule has 116 valence electrons. The smallest absolute Gasteiger partial charge is 0.249 e. The summed E-state index contributed by atoms with van der Waals surface area (Å²) in [5, 5.41) is 5.91. The van der Waals surface area contributed by atoms with E-state index in [0.717, 1.165) is 50.8 Å². The maximum Gasteiger partial charge on any atom is 0.249 e. The highest BCUT2D eigenvalue weighted by molar-refractivity contribution is 8.01. The van der Waals surface area contributed by atoms with Gasteiger partial charge in [0.05, 0.1) is 0 Å². The van der Waals surface area contributed by atoms with Gasteiger partial charge in [0.1, 0.15) is 10.4 Å². The molecular formula is C15H22N2O2S2. The van der Waals surface area contributed by atoms with E-state index >= 15 is 0 Å². The molecule has 1 aliphatic heterocycles. The van der Waals surface area contributed by atoms with Crippen molar-refractivity contribution >= 4 is 29.0 Å². The number of carbonyl (C=O) groups is 1. The fourth-order valence-corrected chi connectivity index (χ4v) is 5.22. The van der Waals surface area contributed by atoms with Crippen LogP contribution in [0.15, 0.2) is 9.72 Å². The summed E-state index contributed by atoms with van der Waals surface area (Å²) in [5.74, 6) is 0.0964. The maximum atomic E-state index is 12.0. The summed E-state index contributed by atoms with van der Waals surface area (Å²) < 4.78 is 6.62. The van der Waals surface area contributed by atoms with Gasteiger partial charge in [-0.05, 0) is 45.4 Å². The van der Waals surface area contributed by atoms with Gasteiger partial charge in [-0.25, -0.2) is 4.98 Å². The van der Waals surface area contributed by atoms with Crippen LogP contribution in [0, 0.1) is 6.92 Å². The van der Waals surface area contributed by atoms with Crippen LogP contribution >= 0.6 is 23.1 Å². The van der Waals surface area contributed by atoms with E-state index in [1.165, 1.54) is 4.34 Å². The Balaban J connectivity index is 1.41. The van der Waals surface area contributed by atoms with Gasteiger partial charge in [0.25, 0.3) is 0 Å². The van der Waals surface area contributed by atoms with E-state index in [9.17, 15) is 4.79 Å². The summed E-state index contributed by atoms with van der Waals surface area (Å²) in [6, 6.07) is 0.330. The summed E-state index contributed by atoms with van der Waals surface area (Å²) >= 11 is 3.64. The number of hydrogen-bond acceptors (Lipinski definition) is 5. The molecule has 1 aromatic heterocycles. The number of nitrogens with one attached hydrogen (secondary N) is 1. The average molecular weight is 326 g/mol. The van der Waals surface area contributed by atoms with Crippen LogP contribution < -0.4 is 5.32 Å². The molecule has 1 atom stereocenters. The van der Waals surface area contributed by atoms with E-state index in [-0.39, 0.29) is 12.0 Å². The average Bonchev–Trinajstić information content (AvgIpc) is 3.13. The summed E-state index contributed by atoms with van der Waals surface area (Å²) in [4.78, 5) is 16.6. The van der Waals surface area contributed by atoms with Crippen molar-refractivity contribution < 1.29 is 9.53 Å². The quantitative estimate of drug-likeness (QED) is 0.923. The maximum absolute atomic E-state index is 12.0. The Hall–Kier alpha value is -0.590. The highest BCUT2D eigenvalue weighted by Gasteiger charge is 2.28. The Kier molecular flexibility index (Phi) is 5.19. The van der Waals surface area contributed by atoms with Gasteiger partial charge in [0.2, 0.25) is 5.91 Å². The van der Waals surface area contributed by atoms with Crippen molar-refractivity contribution in [2.45, 2.75) is 67.2 Å². The zero-order valence-corrected chi connectivity index (χ0v) is 14.0. The summed E-state index contributed by atoms with van der Waals surface area (Å²) in [5.41, 5.74) is 1.11. The monoisotopic (exact) mass is 326 g/mol. The zero-order chi connectivity index (χ0) is 14.7. The van der Waals surface area contributed by atoms with Crippen LogP contribution in [-0.4, -0.2) is 34.9 Å². The molecule has 6 heteroatoms. The van der Waals surface area contributed by atoms with Gasteiger partial charge in [0, 0.05) is 29.0 Å². The first-order valence-electron chi connectivity index (χ1n) is 7.71. The second kappa shape index (κ2) is 7.11. The van der Waals surface area contributed by atoms with Crippen LogP contribution in [0.3, 0.4) is 0 Å². The van der Waals surface area contributed by atoms with Gasteiger partial charge in [-0.1, -0.05) is 11.8 Å². The minimum atomic E-state index is -0.199. The Labute approximate surface area is 134 Å². The normalized spacial score (nSPS) is 29.5. The standard InChI is InChI=1S/C15H22N2O2S2/c1-10-9-20-15(16-10)21-12-6-4-11(5-7-12)17-14(18)13-3-2-8-19-13/h9,11-13H,2-8H2,1H3,(H,17,18). The lowest BCUT2D eigenvalue weighted by Crippen LogP contribution is -2.43. The fourth-order valence-electron chi connectivity index (χ4n) is 2.93. The van der Waals surface area contributed by atoms with Crippen molar-refractivity contribution in [1.82, 2.24) is 10.3 Å². The molecule has 3 rings (SSSR count). The number of carbonyl (C=O) groups excluding carboxylic acids is 1. The molecule has 4 nitrogen and oxygen atoms in total. The molecule has 21 heavy (non-hydrogen) atoms. The minimum absolute atomic E-state index is 0.0964. The molecular weight excluding hydrogens is 304 g/mol. The molecule has 1 saturated heterocycles. The molecule has 0 aromatic carbocycles. The molecule has 1 aromatic rings. The first kappa shape index (κ1) is 15.3. The van der Waals surface area contributed by atoms with Crippen molar-refractivity contribution in [2.75, 3.05) is 6.61 Å². The summed E-state index contributed by atoms with van der Waals surface area (Å²) in [7, 11) is 0. The topological polar surface area (TPSA) is 51.2 Å². The Bertz CT molecular complexity index is 478. The molecule has 1 unspecified atom stereocenters. The second-order valence-corrected chi connectivity index (χ2v) is 8.26. The zero-order valence-electron chi connectivity index (χ0n) is 12.3. The van der Waals surface area contributed by atoms with Crippen LogP contribution in [0.4, 0.5) is 0 Å². The van der Waals surface area contributed by atoms with Crippen LogP contribution in [0.5, 0.6) is 0 Å². The summed E-state index contributed by atoms with van der Waals surface area (Å²) in [6.45, 7) is 2.77.